The summed E-state index contributed by atoms with van der Waals surface area (Å²) in [6.45, 7) is 2.59. The summed E-state index contributed by atoms with van der Waals surface area (Å²) in [6.07, 6.45) is 12.2. The Bertz CT molecular complexity index is 221. The van der Waals surface area contributed by atoms with Crippen LogP contribution in [0.3, 0.4) is 0 Å². The first-order valence-electron chi connectivity index (χ1n) is 5.32. The van der Waals surface area contributed by atoms with Gasteiger partial charge in [0.15, 0.2) is 0 Å². The summed E-state index contributed by atoms with van der Waals surface area (Å²) in [4.78, 5) is 2.70. The smallest absolute Gasteiger partial charge is 0.0397 e. The molecule has 1 saturated carbocycles. The lowest BCUT2D eigenvalue weighted by molar-refractivity contribution is 0.0401. The number of hydrogen-bond acceptors (Lipinski definition) is 1. The van der Waals surface area contributed by atoms with E-state index in [1.165, 1.54) is 45.2 Å². The number of hydrogen-bond donors (Lipinski definition) is 0. The highest BCUT2D eigenvalue weighted by Crippen LogP contribution is 2.45. The van der Waals surface area contributed by atoms with Crippen molar-refractivity contribution < 1.29 is 0 Å². The van der Waals surface area contributed by atoms with E-state index in [-0.39, 0.29) is 0 Å². The molecule has 66 valence electrons. The van der Waals surface area contributed by atoms with Gasteiger partial charge in [-0.1, -0.05) is 25.0 Å². The fourth-order valence-electron chi connectivity index (χ4n) is 3.42. The third-order valence-electron chi connectivity index (χ3n) is 4.06. The Morgan fingerprint density at radius 1 is 1.33 bits per heavy atom. The molecule has 0 unspecified atom stereocenters. The Morgan fingerprint density at radius 2 is 2.33 bits per heavy atom. The quantitative estimate of drug-likeness (QED) is 0.495. The fourth-order valence-corrected chi connectivity index (χ4v) is 3.42. The van der Waals surface area contributed by atoms with Crippen LogP contribution in [0.1, 0.15) is 32.1 Å². The minimum absolute atomic E-state index is 0.543. The van der Waals surface area contributed by atoms with Gasteiger partial charge in [-0.3, -0.25) is 4.90 Å². The summed E-state index contributed by atoms with van der Waals surface area (Å²) in [6, 6.07) is 0. The highest BCUT2D eigenvalue weighted by Gasteiger charge is 2.44. The van der Waals surface area contributed by atoms with Gasteiger partial charge in [-0.25, -0.2) is 0 Å². The lowest BCUT2D eigenvalue weighted by Crippen LogP contribution is -2.51. The van der Waals surface area contributed by atoms with Gasteiger partial charge in [0.1, 0.15) is 0 Å². The van der Waals surface area contributed by atoms with E-state index in [1.54, 1.807) is 0 Å². The third kappa shape index (κ3) is 0.832. The van der Waals surface area contributed by atoms with E-state index >= 15 is 0 Å². The summed E-state index contributed by atoms with van der Waals surface area (Å²) in [5.41, 5.74) is 0.543. The van der Waals surface area contributed by atoms with Crippen molar-refractivity contribution >= 4 is 0 Å². The maximum Gasteiger partial charge on any atom is 0.0397 e. The van der Waals surface area contributed by atoms with E-state index < -0.39 is 0 Å². The maximum absolute atomic E-state index is 2.70. The molecule has 1 spiro atoms. The molecule has 0 N–H and O–H groups in total. The van der Waals surface area contributed by atoms with Crippen LogP contribution in [0.25, 0.3) is 0 Å². The predicted molar refractivity (Wildman–Crippen MR) is 50.0 cm³/mol. The Hall–Kier alpha value is -0.300. The lowest BCUT2D eigenvalue weighted by atomic mass is 9.71. The molecule has 2 aliphatic heterocycles. The Balaban J connectivity index is 1.93. The van der Waals surface area contributed by atoms with Crippen molar-refractivity contribution in [1.29, 1.82) is 0 Å². The molecule has 2 heterocycles. The van der Waals surface area contributed by atoms with Crippen LogP contribution in [0.15, 0.2) is 12.2 Å². The summed E-state index contributed by atoms with van der Waals surface area (Å²) in [5.74, 6) is 1.05. The van der Waals surface area contributed by atoms with Crippen LogP contribution >= 0.6 is 0 Å². The molecule has 0 aromatic rings. The molecule has 1 aliphatic carbocycles. The van der Waals surface area contributed by atoms with E-state index in [0.29, 0.717) is 5.54 Å². The van der Waals surface area contributed by atoms with Gasteiger partial charge in [-0.2, -0.15) is 0 Å². The molecular weight excluding hydrogens is 146 g/mol. The molecule has 3 aliphatic rings. The van der Waals surface area contributed by atoms with Crippen LogP contribution in [-0.4, -0.2) is 23.5 Å². The predicted octanol–water partition coefficient (Wildman–Crippen LogP) is 2.19. The zero-order valence-electron chi connectivity index (χ0n) is 7.63. The van der Waals surface area contributed by atoms with Crippen LogP contribution in [0.4, 0.5) is 0 Å². The van der Waals surface area contributed by atoms with Crippen LogP contribution in [0.5, 0.6) is 0 Å². The first-order chi connectivity index (χ1) is 5.89. The lowest BCUT2D eigenvalue weighted by Gasteiger charge is -2.48. The van der Waals surface area contributed by atoms with Gasteiger partial charge >= 0.3 is 0 Å². The molecule has 1 heteroatoms. The van der Waals surface area contributed by atoms with E-state index in [2.05, 4.69) is 17.1 Å². The van der Waals surface area contributed by atoms with E-state index in [0.717, 1.165) is 5.92 Å². The molecule has 0 aromatic heterocycles. The monoisotopic (exact) mass is 163 g/mol. The van der Waals surface area contributed by atoms with Gasteiger partial charge in [0.05, 0.1) is 0 Å². The molecule has 2 atom stereocenters. The maximum atomic E-state index is 2.70. The fraction of sp³-hybridized carbons (Fsp3) is 0.818. The highest BCUT2D eigenvalue weighted by molar-refractivity contribution is 5.18. The standard InChI is InChI=1S/C11H17N/c1-3-10-4-8-12-7-2-6-11(12,5-1)9-10/h2,6,10H,1,3-5,7-9H2/t10-,11+/m0/s1. The normalized spacial score (nSPS) is 46.2. The topological polar surface area (TPSA) is 3.24 Å². The molecule has 1 saturated heterocycles. The third-order valence-corrected chi connectivity index (χ3v) is 4.06. The van der Waals surface area contributed by atoms with Gasteiger partial charge in [0.25, 0.3) is 0 Å². The average Bonchev–Trinajstić information content (AvgIpc) is 2.46. The van der Waals surface area contributed by atoms with Crippen molar-refractivity contribution in [2.75, 3.05) is 13.1 Å². The summed E-state index contributed by atoms with van der Waals surface area (Å²) in [7, 11) is 0. The van der Waals surface area contributed by atoms with Crippen molar-refractivity contribution in [2.45, 2.75) is 37.6 Å². The second-order valence-corrected chi connectivity index (χ2v) is 4.70. The minimum atomic E-state index is 0.543. The second kappa shape index (κ2) is 2.35. The highest BCUT2D eigenvalue weighted by atomic mass is 15.2. The largest absolute Gasteiger partial charge is 0.291 e. The molecular formula is C11H17N. The van der Waals surface area contributed by atoms with Crippen molar-refractivity contribution in [3.63, 3.8) is 0 Å². The minimum Gasteiger partial charge on any atom is -0.291 e. The molecule has 0 radical (unpaired) electrons. The zero-order chi connectivity index (χ0) is 8.02. The number of piperidine rings is 1. The van der Waals surface area contributed by atoms with Crippen molar-refractivity contribution in [3.8, 4) is 0 Å². The molecule has 0 aromatic carbocycles. The Kier molecular flexibility index (Phi) is 1.40. The van der Waals surface area contributed by atoms with Crippen molar-refractivity contribution in [1.82, 2.24) is 4.90 Å². The molecule has 3 rings (SSSR count). The Morgan fingerprint density at radius 3 is 3.33 bits per heavy atom. The number of nitrogens with zero attached hydrogens (tertiary/aromatic N) is 1. The van der Waals surface area contributed by atoms with Gasteiger partial charge < -0.3 is 0 Å². The number of fused-ring (bicyclic) bond motifs is 1. The summed E-state index contributed by atoms with van der Waals surface area (Å²) < 4.78 is 0. The zero-order valence-corrected chi connectivity index (χ0v) is 7.63. The van der Waals surface area contributed by atoms with Gasteiger partial charge in [0.2, 0.25) is 0 Å². The molecule has 12 heavy (non-hydrogen) atoms. The van der Waals surface area contributed by atoms with Gasteiger partial charge in [-0.15, -0.1) is 0 Å². The van der Waals surface area contributed by atoms with Crippen LogP contribution < -0.4 is 0 Å². The van der Waals surface area contributed by atoms with Crippen molar-refractivity contribution in [3.05, 3.63) is 12.2 Å². The van der Waals surface area contributed by atoms with E-state index in [9.17, 15) is 0 Å². The SMILES string of the molecule is C1=C[C@@]23CCC[C@@H](CCN2C1)C3. The van der Waals surface area contributed by atoms with Crippen LogP contribution in [0.2, 0.25) is 0 Å². The summed E-state index contributed by atoms with van der Waals surface area (Å²) in [5, 5.41) is 0. The van der Waals surface area contributed by atoms with Crippen molar-refractivity contribution in [2.24, 2.45) is 5.92 Å². The first-order valence-corrected chi connectivity index (χ1v) is 5.32. The van der Waals surface area contributed by atoms with E-state index in [4.69, 9.17) is 0 Å². The van der Waals surface area contributed by atoms with E-state index in [1.807, 2.05) is 0 Å². The first kappa shape index (κ1) is 7.14. The molecule has 0 amide bonds. The number of rotatable bonds is 0. The summed E-state index contributed by atoms with van der Waals surface area (Å²) >= 11 is 0. The Labute approximate surface area is 74.4 Å². The van der Waals surface area contributed by atoms with Gasteiger partial charge in [0, 0.05) is 12.1 Å². The average molecular weight is 163 g/mol. The molecule has 2 bridgehead atoms. The second-order valence-electron chi connectivity index (χ2n) is 4.70. The van der Waals surface area contributed by atoms with Crippen LogP contribution in [-0.2, 0) is 0 Å². The molecule has 2 fully saturated rings. The van der Waals surface area contributed by atoms with Gasteiger partial charge in [-0.05, 0) is 31.7 Å². The van der Waals surface area contributed by atoms with Crippen LogP contribution in [0, 0.1) is 5.92 Å². The molecule has 1 nitrogen and oxygen atoms in total.